The van der Waals surface area contributed by atoms with Crippen LogP contribution in [0.15, 0.2) is 79.0 Å². The van der Waals surface area contributed by atoms with E-state index in [0.717, 1.165) is 22.2 Å². The van der Waals surface area contributed by atoms with Crippen molar-refractivity contribution in [2.24, 2.45) is 7.05 Å². The SMILES string of the molecule is Cc1ccc2c([c-]cc3ccccc32)c1-c1[c-]c(-c2[c-]cccc2)cc[n+]1C.[W]. The van der Waals surface area contributed by atoms with Crippen LogP contribution >= 0.6 is 0 Å². The molecular weight excluding hydrogens is 522 g/mol. The van der Waals surface area contributed by atoms with Crippen LogP contribution in [-0.4, -0.2) is 0 Å². The van der Waals surface area contributed by atoms with Crippen molar-refractivity contribution in [2.75, 3.05) is 0 Å². The van der Waals surface area contributed by atoms with E-state index in [4.69, 9.17) is 0 Å². The van der Waals surface area contributed by atoms with E-state index in [1.807, 2.05) is 18.2 Å². The van der Waals surface area contributed by atoms with Crippen LogP contribution < -0.4 is 4.57 Å². The third-order valence-corrected chi connectivity index (χ3v) is 5.34. The second-order valence-corrected chi connectivity index (χ2v) is 7.15. The molecule has 29 heavy (non-hydrogen) atoms. The molecule has 0 N–H and O–H groups in total. The van der Waals surface area contributed by atoms with Gasteiger partial charge in [-0.25, -0.2) is 15.7 Å². The van der Waals surface area contributed by atoms with Gasteiger partial charge in [0.25, 0.3) is 0 Å². The fourth-order valence-corrected chi connectivity index (χ4v) is 3.88. The maximum absolute atomic E-state index is 3.64. The summed E-state index contributed by atoms with van der Waals surface area (Å²) in [6, 6.07) is 35.6. The van der Waals surface area contributed by atoms with Crippen LogP contribution in [0.5, 0.6) is 0 Å². The summed E-state index contributed by atoms with van der Waals surface area (Å²) in [5, 5.41) is 4.84. The average molecular weight is 541 g/mol. The van der Waals surface area contributed by atoms with Gasteiger partial charge in [0.15, 0.2) is 0 Å². The van der Waals surface area contributed by atoms with Crippen LogP contribution in [-0.2, 0) is 28.1 Å². The number of rotatable bonds is 2. The smallest absolute Gasteiger partial charge is 0.136 e. The number of aryl methyl sites for hydroxylation is 2. The Balaban J connectivity index is 0.00000205. The summed E-state index contributed by atoms with van der Waals surface area (Å²) in [5.74, 6) is 0. The molecule has 1 aromatic heterocycles. The molecule has 1 heterocycles. The van der Waals surface area contributed by atoms with Gasteiger partial charge in [0.1, 0.15) is 18.9 Å². The van der Waals surface area contributed by atoms with Crippen molar-refractivity contribution in [3.8, 4) is 22.4 Å². The van der Waals surface area contributed by atoms with E-state index < -0.39 is 0 Å². The second-order valence-electron chi connectivity index (χ2n) is 7.15. The molecule has 0 saturated carbocycles. The first-order chi connectivity index (χ1) is 13.7. The van der Waals surface area contributed by atoms with Crippen LogP contribution in [0, 0.1) is 25.1 Å². The van der Waals surface area contributed by atoms with Crippen molar-refractivity contribution >= 4 is 21.5 Å². The Hall–Kier alpha value is -2.76. The molecule has 1 nitrogen and oxygen atoms in total. The molecule has 0 radical (unpaired) electrons. The van der Waals surface area contributed by atoms with Crippen molar-refractivity contribution in [3.05, 3.63) is 103 Å². The number of hydrogen-bond acceptors (Lipinski definition) is 0. The van der Waals surface area contributed by atoms with Gasteiger partial charge in [-0.3, -0.25) is 0 Å². The molecule has 0 bridgehead atoms. The first kappa shape index (κ1) is 19.6. The molecule has 0 spiro atoms. The summed E-state index contributed by atoms with van der Waals surface area (Å²) < 4.78 is 2.14. The van der Waals surface area contributed by atoms with E-state index in [1.54, 1.807) is 0 Å². The molecule has 0 amide bonds. The van der Waals surface area contributed by atoms with Gasteiger partial charge < -0.3 is 0 Å². The Bertz CT molecular complexity index is 1320. The van der Waals surface area contributed by atoms with Crippen LogP contribution in [0.3, 0.4) is 0 Å². The van der Waals surface area contributed by atoms with Gasteiger partial charge in [-0.15, -0.1) is 41.1 Å². The van der Waals surface area contributed by atoms with Crippen LogP contribution in [0.2, 0.25) is 0 Å². The summed E-state index contributed by atoms with van der Waals surface area (Å²) in [6.07, 6.45) is 2.10. The Morgan fingerprint density at radius 1 is 0.793 bits per heavy atom. The number of aromatic nitrogens is 1. The van der Waals surface area contributed by atoms with Crippen LogP contribution in [0.25, 0.3) is 43.9 Å². The topological polar surface area (TPSA) is 3.88 Å². The fraction of sp³-hybridized carbons (Fsp3) is 0.0741. The molecule has 0 unspecified atom stereocenters. The van der Waals surface area contributed by atoms with Crippen molar-refractivity contribution in [1.29, 1.82) is 0 Å². The third-order valence-electron chi connectivity index (χ3n) is 5.34. The minimum absolute atomic E-state index is 0. The quantitative estimate of drug-likeness (QED) is 0.150. The molecule has 5 aromatic rings. The van der Waals surface area contributed by atoms with E-state index in [2.05, 4.69) is 97.5 Å². The largest absolute Gasteiger partial charge is 0.227 e. The van der Waals surface area contributed by atoms with Crippen molar-refractivity contribution in [1.82, 2.24) is 0 Å². The van der Waals surface area contributed by atoms with E-state index >= 15 is 0 Å². The number of benzene rings is 4. The molecule has 0 aliphatic rings. The average Bonchev–Trinajstić information content (AvgIpc) is 2.75. The summed E-state index contributed by atoms with van der Waals surface area (Å²) in [4.78, 5) is 0. The van der Waals surface area contributed by atoms with E-state index in [-0.39, 0.29) is 21.1 Å². The number of nitrogens with zero attached hydrogens (tertiary/aromatic N) is 1. The third kappa shape index (κ3) is 3.41. The summed E-state index contributed by atoms with van der Waals surface area (Å²) in [7, 11) is 2.07. The molecule has 0 aliphatic carbocycles. The normalized spacial score (nSPS) is 10.8. The predicted octanol–water partition coefficient (Wildman–Crippen LogP) is 5.86. The molecule has 0 saturated heterocycles. The fourth-order valence-electron chi connectivity index (χ4n) is 3.88. The van der Waals surface area contributed by atoms with Crippen molar-refractivity contribution in [2.45, 2.75) is 6.92 Å². The Morgan fingerprint density at radius 2 is 1.62 bits per heavy atom. The zero-order valence-corrected chi connectivity index (χ0v) is 19.3. The van der Waals surface area contributed by atoms with E-state index in [0.29, 0.717) is 0 Å². The summed E-state index contributed by atoms with van der Waals surface area (Å²) >= 11 is 0. The molecular formula is C27H19NW-2. The number of fused-ring (bicyclic) bond motifs is 3. The van der Waals surface area contributed by atoms with Crippen molar-refractivity contribution in [3.63, 3.8) is 0 Å². The van der Waals surface area contributed by atoms with Crippen LogP contribution in [0.4, 0.5) is 0 Å². The summed E-state index contributed by atoms with van der Waals surface area (Å²) in [5.41, 5.74) is 5.57. The number of hydrogen-bond donors (Lipinski definition) is 0. The van der Waals surface area contributed by atoms with Gasteiger partial charge in [-0.2, -0.15) is 24.3 Å². The minimum Gasteiger partial charge on any atom is -0.227 e. The molecule has 140 valence electrons. The monoisotopic (exact) mass is 541 g/mol. The minimum atomic E-state index is 0. The standard InChI is InChI=1S/C27H19N.W/c1-19-12-14-24-23-11-7-6-10-21(23)13-15-25(24)27(19)26-18-22(16-17-28(26)2)20-8-4-3-5-9-20;/h3-8,10-14,16-17H,1-2H3;/q-2;. The molecule has 5 rings (SSSR count). The van der Waals surface area contributed by atoms with Gasteiger partial charge in [-0.05, 0) is 12.5 Å². The van der Waals surface area contributed by atoms with E-state index in [9.17, 15) is 0 Å². The van der Waals surface area contributed by atoms with Gasteiger partial charge in [0.2, 0.25) is 0 Å². The van der Waals surface area contributed by atoms with Crippen LogP contribution in [0.1, 0.15) is 5.56 Å². The second kappa shape index (κ2) is 7.93. The Morgan fingerprint density at radius 3 is 2.45 bits per heavy atom. The zero-order valence-electron chi connectivity index (χ0n) is 16.4. The van der Waals surface area contributed by atoms with Gasteiger partial charge in [0, 0.05) is 21.1 Å². The molecule has 4 aromatic carbocycles. The van der Waals surface area contributed by atoms with Gasteiger partial charge in [-0.1, -0.05) is 52.7 Å². The van der Waals surface area contributed by atoms with E-state index in [1.165, 1.54) is 27.3 Å². The van der Waals surface area contributed by atoms with Gasteiger partial charge >= 0.3 is 0 Å². The molecule has 0 fully saturated rings. The molecule has 0 aliphatic heterocycles. The van der Waals surface area contributed by atoms with Gasteiger partial charge in [0.05, 0.1) is 0 Å². The Kier molecular flexibility index (Phi) is 5.35. The molecule has 2 heteroatoms. The van der Waals surface area contributed by atoms with Crippen molar-refractivity contribution < 1.29 is 25.6 Å². The summed E-state index contributed by atoms with van der Waals surface area (Å²) in [6.45, 7) is 2.16. The Labute approximate surface area is 185 Å². The first-order valence-electron chi connectivity index (χ1n) is 9.44. The first-order valence-corrected chi connectivity index (χ1v) is 9.44. The maximum Gasteiger partial charge on any atom is 0.136 e. The zero-order chi connectivity index (χ0) is 19.1. The molecule has 0 atom stereocenters. The number of pyridine rings is 1. The maximum atomic E-state index is 3.64. The predicted molar refractivity (Wildman–Crippen MR) is 115 cm³/mol.